The van der Waals surface area contributed by atoms with Crippen molar-refractivity contribution in [3.05, 3.63) is 22.3 Å². The maximum absolute atomic E-state index is 11.7. The highest BCUT2D eigenvalue weighted by Crippen LogP contribution is 2.35. The van der Waals surface area contributed by atoms with Crippen molar-refractivity contribution in [1.29, 1.82) is 0 Å². The first-order chi connectivity index (χ1) is 8.04. The lowest BCUT2D eigenvalue weighted by molar-refractivity contribution is 0.0601. The van der Waals surface area contributed by atoms with E-state index in [1.54, 1.807) is 12.3 Å². The summed E-state index contributed by atoms with van der Waals surface area (Å²) in [6.07, 6.45) is 5.10. The van der Waals surface area contributed by atoms with E-state index in [9.17, 15) is 4.79 Å². The number of esters is 1. The van der Waals surface area contributed by atoms with E-state index in [0.29, 0.717) is 11.4 Å². The molecule has 1 fully saturated rings. The summed E-state index contributed by atoms with van der Waals surface area (Å²) < 4.78 is 5.52. The third kappa shape index (κ3) is 2.60. The molecule has 0 amide bonds. The number of nitrogens with one attached hydrogen (secondary N) is 1. The summed E-state index contributed by atoms with van der Waals surface area (Å²) in [7, 11) is 1.37. The van der Waals surface area contributed by atoms with Gasteiger partial charge in [-0.2, -0.15) is 0 Å². The second-order valence-corrected chi connectivity index (χ2v) is 5.50. The molecule has 0 aliphatic heterocycles. The number of nitrogens with zero attached hydrogens (tertiary/aromatic N) is 1. The Balaban J connectivity index is 2.29. The van der Waals surface area contributed by atoms with Crippen LogP contribution in [0.4, 0.5) is 5.82 Å². The maximum Gasteiger partial charge on any atom is 0.341 e. The minimum atomic E-state index is -0.371. The van der Waals surface area contributed by atoms with Gasteiger partial charge in [-0.3, -0.25) is 0 Å². The van der Waals surface area contributed by atoms with E-state index in [1.165, 1.54) is 13.5 Å². The summed E-state index contributed by atoms with van der Waals surface area (Å²) in [5.41, 5.74) is 0.527. The first-order valence-electron chi connectivity index (χ1n) is 5.56. The van der Waals surface area contributed by atoms with Crippen LogP contribution >= 0.6 is 15.9 Å². The Morgan fingerprint density at radius 3 is 2.82 bits per heavy atom. The minimum absolute atomic E-state index is 0.0591. The first-order valence-corrected chi connectivity index (χ1v) is 6.35. The molecule has 5 heteroatoms. The number of ether oxygens (including phenoxy) is 1. The zero-order valence-corrected chi connectivity index (χ0v) is 11.5. The first kappa shape index (κ1) is 12.4. The number of rotatable bonds is 3. The molecular weight excluding hydrogens is 284 g/mol. The second-order valence-electron chi connectivity index (χ2n) is 4.58. The molecule has 0 bridgehead atoms. The van der Waals surface area contributed by atoms with Gasteiger partial charge in [-0.15, -0.1) is 0 Å². The van der Waals surface area contributed by atoms with Crippen LogP contribution < -0.4 is 5.32 Å². The molecule has 0 unspecified atom stereocenters. The van der Waals surface area contributed by atoms with Gasteiger partial charge >= 0.3 is 5.97 Å². The van der Waals surface area contributed by atoms with Crippen molar-refractivity contribution in [3.8, 4) is 0 Å². The summed E-state index contributed by atoms with van der Waals surface area (Å²) in [5.74, 6) is 0.228. The number of carbonyl (C=O) groups is 1. The van der Waals surface area contributed by atoms with Gasteiger partial charge in [0.2, 0.25) is 0 Å². The molecule has 1 aromatic heterocycles. The molecule has 1 N–H and O–H groups in total. The Bertz CT molecular complexity index is 444. The molecule has 4 nitrogen and oxygen atoms in total. The van der Waals surface area contributed by atoms with Gasteiger partial charge in [-0.05, 0) is 48.2 Å². The second kappa shape index (κ2) is 4.64. The average molecular weight is 299 g/mol. The van der Waals surface area contributed by atoms with Crippen LogP contribution in [-0.4, -0.2) is 23.6 Å². The van der Waals surface area contributed by atoms with Gasteiger partial charge < -0.3 is 10.1 Å². The molecule has 0 radical (unpaired) electrons. The van der Waals surface area contributed by atoms with Gasteiger partial charge in [0, 0.05) is 16.2 Å². The Morgan fingerprint density at radius 2 is 2.29 bits per heavy atom. The summed E-state index contributed by atoms with van der Waals surface area (Å²) in [6.45, 7) is 2.14. The van der Waals surface area contributed by atoms with Crippen molar-refractivity contribution in [3.63, 3.8) is 0 Å². The van der Waals surface area contributed by atoms with Crippen molar-refractivity contribution < 1.29 is 9.53 Å². The van der Waals surface area contributed by atoms with E-state index in [0.717, 1.165) is 17.3 Å². The van der Waals surface area contributed by atoms with Crippen LogP contribution in [0.3, 0.4) is 0 Å². The van der Waals surface area contributed by atoms with E-state index in [4.69, 9.17) is 4.74 Å². The van der Waals surface area contributed by atoms with Gasteiger partial charge in [0.1, 0.15) is 11.4 Å². The van der Waals surface area contributed by atoms with Crippen molar-refractivity contribution in [1.82, 2.24) is 4.98 Å². The Hall–Kier alpha value is -1.10. The predicted molar refractivity (Wildman–Crippen MR) is 69.2 cm³/mol. The van der Waals surface area contributed by atoms with Crippen LogP contribution in [0.25, 0.3) is 0 Å². The fourth-order valence-electron chi connectivity index (χ4n) is 1.92. The summed E-state index contributed by atoms with van der Waals surface area (Å²) >= 11 is 3.31. The number of methoxy groups -OCH3 is 1. The number of pyridine rings is 1. The number of halogens is 1. The highest BCUT2D eigenvalue weighted by Gasteiger charge is 2.33. The van der Waals surface area contributed by atoms with Crippen molar-refractivity contribution >= 4 is 27.7 Å². The van der Waals surface area contributed by atoms with E-state index in [1.807, 2.05) is 0 Å². The molecule has 0 atom stereocenters. The molecule has 0 aromatic carbocycles. The lowest BCUT2D eigenvalue weighted by Crippen LogP contribution is -2.42. The van der Waals surface area contributed by atoms with Crippen LogP contribution in [0.5, 0.6) is 0 Å². The number of hydrogen-bond acceptors (Lipinski definition) is 4. The molecule has 1 heterocycles. The van der Waals surface area contributed by atoms with Gasteiger partial charge in [-0.25, -0.2) is 9.78 Å². The van der Waals surface area contributed by atoms with E-state index in [2.05, 4.69) is 33.2 Å². The topological polar surface area (TPSA) is 51.2 Å². The SMILES string of the molecule is COC(=O)c1cc(Br)cnc1NC1(C)CCC1. The highest BCUT2D eigenvalue weighted by molar-refractivity contribution is 9.10. The number of carbonyl (C=O) groups excluding carboxylic acids is 1. The lowest BCUT2D eigenvalue weighted by atomic mass is 9.78. The fraction of sp³-hybridized carbons (Fsp3) is 0.500. The van der Waals surface area contributed by atoms with Crippen LogP contribution in [0.1, 0.15) is 36.5 Å². The van der Waals surface area contributed by atoms with Gasteiger partial charge in [-0.1, -0.05) is 0 Å². The van der Waals surface area contributed by atoms with E-state index >= 15 is 0 Å². The molecule has 1 aliphatic carbocycles. The van der Waals surface area contributed by atoms with Crippen LogP contribution in [0, 0.1) is 0 Å². The maximum atomic E-state index is 11.7. The third-order valence-corrected chi connectivity index (χ3v) is 3.57. The smallest absolute Gasteiger partial charge is 0.341 e. The van der Waals surface area contributed by atoms with Crippen molar-refractivity contribution in [2.75, 3.05) is 12.4 Å². The predicted octanol–water partition coefficient (Wildman–Crippen LogP) is 2.99. The third-order valence-electron chi connectivity index (χ3n) is 3.14. The van der Waals surface area contributed by atoms with Gasteiger partial charge in [0.05, 0.1) is 7.11 Å². The monoisotopic (exact) mass is 298 g/mol. The Morgan fingerprint density at radius 1 is 1.59 bits per heavy atom. The fourth-order valence-corrected chi connectivity index (χ4v) is 2.25. The van der Waals surface area contributed by atoms with Crippen LogP contribution in [0.2, 0.25) is 0 Å². The summed E-state index contributed by atoms with van der Waals surface area (Å²) in [5, 5.41) is 3.33. The molecule has 1 aromatic rings. The lowest BCUT2D eigenvalue weighted by Gasteiger charge is -2.39. The largest absolute Gasteiger partial charge is 0.465 e. The van der Waals surface area contributed by atoms with Crippen LogP contribution in [-0.2, 0) is 4.74 Å². The Labute approximate surface area is 109 Å². The average Bonchev–Trinajstić information content (AvgIpc) is 2.28. The normalized spacial score (nSPS) is 17.1. The molecule has 0 saturated heterocycles. The quantitative estimate of drug-likeness (QED) is 0.872. The van der Waals surface area contributed by atoms with Gasteiger partial charge in [0.15, 0.2) is 0 Å². The zero-order chi connectivity index (χ0) is 12.5. The number of aromatic nitrogens is 1. The van der Waals surface area contributed by atoms with Crippen molar-refractivity contribution in [2.24, 2.45) is 0 Å². The highest BCUT2D eigenvalue weighted by atomic mass is 79.9. The molecule has 1 saturated carbocycles. The number of anilines is 1. The molecule has 2 rings (SSSR count). The molecule has 92 valence electrons. The molecule has 0 spiro atoms. The summed E-state index contributed by atoms with van der Waals surface area (Å²) in [6, 6.07) is 1.73. The van der Waals surface area contributed by atoms with E-state index < -0.39 is 0 Å². The minimum Gasteiger partial charge on any atom is -0.465 e. The summed E-state index contributed by atoms with van der Waals surface area (Å²) in [4.78, 5) is 15.9. The van der Waals surface area contributed by atoms with Crippen LogP contribution in [0.15, 0.2) is 16.7 Å². The molecule has 17 heavy (non-hydrogen) atoms. The van der Waals surface area contributed by atoms with E-state index in [-0.39, 0.29) is 11.5 Å². The zero-order valence-electron chi connectivity index (χ0n) is 9.92. The standard InChI is InChI=1S/C12H15BrN2O2/c1-12(4-3-5-12)15-10-9(11(16)17-2)6-8(13)7-14-10/h6-7H,3-5H2,1-2H3,(H,14,15). The van der Waals surface area contributed by atoms with Gasteiger partial charge in [0.25, 0.3) is 0 Å². The Kier molecular flexibility index (Phi) is 3.38. The number of hydrogen-bond donors (Lipinski definition) is 1. The van der Waals surface area contributed by atoms with Crippen molar-refractivity contribution in [2.45, 2.75) is 31.7 Å². The molecular formula is C12H15BrN2O2. The molecule has 1 aliphatic rings.